The lowest BCUT2D eigenvalue weighted by Crippen LogP contribution is -2.32. The van der Waals surface area contributed by atoms with Crippen LogP contribution in [0, 0.1) is 10.8 Å². The highest BCUT2D eigenvalue weighted by molar-refractivity contribution is 4.82. The Balaban J connectivity index is 4.36. The third kappa shape index (κ3) is 3.65. The van der Waals surface area contributed by atoms with Crippen molar-refractivity contribution in [2.45, 2.75) is 47.0 Å². The molecule has 1 unspecified atom stereocenters. The molecule has 13 heavy (non-hydrogen) atoms. The van der Waals surface area contributed by atoms with E-state index in [4.69, 9.17) is 0 Å². The summed E-state index contributed by atoms with van der Waals surface area (Å²) in [6.07, 6.45) is 2.80. The molecule has 2 nitrogen and oxygen atoms in total. The zero-order chi connectivity index (χ0) is 10.5. The average Bonchev–Trinajstić information content (AvgIpc) is 2.17. The van der Waals surface area contributed by atoms with Crippen molar-refractivity contribution in [2.24, 2.45) is 10.8 Å². The van der Waals surface area contributed by atoms with Gasteiger partial charge in [-0.15, -0.1) is 0 Å². The molecule has 0 aliphatic rings. The molecule has 0 aliphatic carbocycles. The summed E-state index contributed by atoms with van der Waals surface area (Å²) in [5.74, 6) is 0. The summed E-state index contributed by atoms with van der Waals surface area (Å²) >= 11 is 0. The van der Waals surface area contributed by atoms with Crippen molar-refractivity contribution in [3.05, 3.63) is 0 Å². The van der Waals surface area contributed by atoms with Crippen LogP contribution in [-0.4, -0.2) is 23.4 Å². The van der Waals surface area contributed by atoms with Crippen molar-refractivity contribution in [3.8, 4) is 0 Å². The molecule has 0 amide bonds. The van der Waals surface area contributed by atoms with E-state index in [2.05, 4.69) is 27.7 Å². The van der Waals surface area contributed by atoms with Gasteiger partial charge in [0.1, 0.15) is 0 Å². The first-order valence-corrected chi connectivity index (χ1v) is 5.17. The number of hydrogen-bond donors (Lipinski definition) is 2. The predicted octanol–water partition coefficient (Wildman–Crippen LogP) is 2.19. The second-order valence-electron chi connectivity index (χ2n) is 4.82. The van der Waals surface area contributed by atoms with E-state index in [1.165, 1.54) is 0 Å². The Kier molecular flexibility index (Phi) is 4.93. The molecule has 80 valence electrons. The monoisotopic (exact) mass is 188 g/mol. The number of hydrogen-bond acceptors (Lipinski definition) is 2. The van der Waals surface area contributed by atoms with Crippen molar-refractivity contribution < 1.29 is 10.2 Å². The molecule has 2 heteroatoms. The Hall–Kier alpha value is -0.0800. The quantitative estimate of drug-likeness (QED) is 0.671. The third-order valence-electron chi connectivity index (χ3n) is 3.32. The van der Waals surface area contributed by atoms with E-state index in [9.17, 15) is 10.2 Å². The van der Waals surface area contributed by atoms with E-state index in [-0.39, 0.29) is 24.0 Å². The van der Waals surface area contributed by atoms with E-state index in [1.54, 1.807) is 0 Å². The van der Waals surface area contributed by atoms with Crippen molar-refractivity contribution in [1.82, 2.24) is 0 Å². The number of aliphatic hydroxyl groups is 2. The summed E-state index contributed by atoms with van der Waals surface area (Å²) < 4.78 is 0. The van der Waals surface area contributed by atoms with Crippen LogP contribution in [0.15, 0.2) is 0 Å². The lowest BCUT2D eigenvalue weighted by molar-refractivity contribution is 0.0388. The van der Waals surface area contributed by atoms with Crippen molar-refractivity contribution >= 4 is 0 Å². The van der Waals surface area contributed by atoms with Gasteiger partial charge in [0.2, 0.25) is 0 Å². The van der Waals surface area contributed by atoms with Crippen LogP contribution in [0.4, 0.5) is 0 Å². The lowest BCUT2D eigenvalue weighted by atomic mass is 9.71. The van der Waals surface area contributed by atoms with E-state index in [0.29, 0.717) is 0 Å². The first-order chi connectivity index (χ1) is 5.95. The fraction of sp³-hybridized carbons (Fsp3) is 1.00. The van der Waals surface area contributed by atoms with Gasteiger partial charge in [-0.1, -0.05) is 27.7 Å². The summed E-state index contributed by atoms with van der Waals surface area (Å²) in [6, 6.07) is 0. The van der Waals surface area contributed by atoms with Crippen molar-refractivity contribution in [2.75, 3.05) is 13.2 Å². The molecule has 0 saturated heterocycles. The standard InChI is InChI=1S/C11H24O2/c1-5-10(3,8-12)7-11(4,6-2)9-13/h12-13H,5-9H2,1-4H3/t10-,11?/m0/s1. The van der Waals surface area contributed by atoms with Gasteiger partial charge in [0, 0.05) is 13.2 Å². The van der Waals surface area contributed by atoms with Crippen molar-refractivity contribution in [3.63, 3.8) is 0 Å². The third-order valence-corrected chi connectivity index (χ3v) is 3.32. The Bertz CT molecular complexity index is 119. The minimum absolute atomic E-state index is 0.0342. The molecule has 2 N–H and O–H groups in total. The molecule has 0 heterocycles. The first-order valence-electron chi connectivity index (χ1n) is 5.17. The zero-order valence-corrected chi connectivity index (χ0v) is 9.43. The summed E-state index contributed by atoms with van der Waals surface area (Å²) in [6.45, 7) is 8.75. The van der Waals surface area contributed by atoms with E-state index < -0.39 is 0 Å². The van der Waals surface area contributed by atoms with Gasteiger partial charge in [0.15, 0.2) is 0 Å². The van der Waals surface area contributed by atoms with Gasteiger partial charge < -0.3 is 10.2 Å². The second-order valence-corrected chi connectivity index (χ2v) is 4.82. The molecule has 0 aromatic rings. The average molecular weight is 188 g/mol. The fourth-order valence-corrected chi connectivity index (χ4v) is 1.62. The summed E-state index contributed by atoms with van der Waals surface area (Å²) in [5.41, 5.74) is -0.0685. The molecule has 0 aromatic carbocycles. The normalized spacial score (nSPS) is 20.8. The Labute approximate surface area is 82.0 Å². The SMILES string of the molecule is CCC(C)(CO)C[C@](C)(CC)CO. The van der Waals surface area contributed by atoms with Crippen LogP contribution < -0.4 is 0 Å². The van der Waals surface area contributed by atoms with Crippen LogP contribution >= 0.6 is 0 Å². The Morgan fingerprint density at radius 1 is 0.846 bits per heavy atom. The molecular weight excluding hydrogens is 164 g/mol. The molecule has 0 radical (unpaired) electrons. The van der Waals surface area contributed by atoms with Crippen LogP contribution in [0.1, 0.15) is 47.0 Å². The highest BCUT2D eigenvalue weighted by atomic mass is 16.3. The first kappa shape index (κ1) is 12.9. The van der Waals surface area contributed by atoms with Gasteiger partial charge in [-0.25, -0.2) is 0 Å². The Morgan fingerprint density at radius 3 is 1.31 bits per heavy atom. The van der Waals surface area contributed by atoms with Gasteiger partial charge in [-0.2, -0.15) is 0 Å². The molecule has 0 spiro atoms. The Morgan fingerprint density at radius 2 is 1.15 bits per heavy atom. The maximum absolute atomic E-state index is 9.26. The predicted molar refractivity (Wildman–Crippen MR) is 55.6 cm³/mol. The van der Waals surface area contributed by atoms with Crippen LogP contribution in [0.2, 0.25) is 0 Å². The summed E-state index contributed by atoms with van der Waals surface area (Å²) in [4.78, 5) is 0. The van der Waals surface area contributed by atoms with E-state index in [1.807, 2.05) is 0 Å². The van der Waals surface area contributed by atoms with Gasteiger partial charge in [-0.05, 0) is 30.1 Å². The fourth-order valence-electron chi connectivity index (χ4n) is 1.62. The molecule has 0 bridgehead atoms. The maximum atomic E-state index is 9.26. The topological polar surface area (TPSA) is 40.5 Å². The second kappa shape index (κ2) is 4.97. The largest absolute Gasteiger partial charge is 0.396 e. The highest BCUT2D eigenvalue weighted by Crippen LogP contribution is 2.37. The molecule has 2 atom stereocenters. The van der Waals surface area contributed by atoms with Crippen molar-refractivity contribution in [1.29, 1.82) is 0 Å². The molecule has 0 fully saturated rings. The van der Waals surface area contributed by atoms with Gasteiger partial charge in [0.05, 0.1) is 0 Å². The van der Waals surface area contributed by atoms with E-state index in [0.717, 1.165) is 19.3 Å². The maximum Gasteiger partial charge on any atom is 0.0484 e. The van der Waals surface area contributed by atoms with Crippen LogP contribution in [0.25, 0.3) is 0 Å². The van der Waals surface area contributed by atoms with Crippen LogP contribution in [-0.2, 0) is 0 Å². The molecule has 0 rings (SSSR count). The number of aliphatic hydroxyl groups excluding tert-OH is 2. The molecule has 0 aromatic heterocycles. The van der Waals surface area contributed by atoms with Gasteiger partial charge in [-0.3, -0.25) is 0 Å². The summed E-state index contributed by atoms with van der Waals surface area (Å²) in [7, 11) is 0. The van der Waals surface area contributed by atoms with Gasteiger partial charge >= 0.3 is 0 Å². The minimum Gasteiger partial charge on any atom is -0.396 e. The number of rotatable bonds is 6. The lowest BCUT2D eigenvalue weighted by Gasteiger charge is -2.36. The summed E-state index contributed by atoms with van der Waals surface area (Å²) in [5, 5.41) is 18.5. The molecule has 0 aliphatic heterocycles. The molecular formula is C11H24O2. The smallest absolute Gasteiger partial charge is 0.0484 e. The van der Waals surface area contributed by atoms with Crippen LogP contribution in [0.3, 0.4) is 0 Å². The minimum atomic E-state index is -0.0342. The van der Waals surface area contributed by atoms with Gasteiger partial charge in [0.25, 0.3) is 0 Å². The van der Waals surface area contributed by atoms with Crippen LogP contribution in [0.5, 0.6) is 0 Å². The highest BCUT2D eigenvalue weighted by Gasteiger charge is 2.32. The van der Waals surface area contributed by atoms with E-state index >= 15 is 0 Å². The zero-order valence-electron chi connectivity index (χ0n) is 9.43. The molecule has 0 saturated carbocycles.